The summed E-state index contributed by atoms with van der Waals surface area (Å²) in [7, 11) is 0. The zero-order valence-corrected chi connectivity index (χ0v) is 45.7. The van der Waals surface area contributed by atoms with Gasteiger partial charge in [-0.1, -0.05) is 179 Å². The molecule has 1 aliphatic carbocycles. The van der Waals surface area contributed by atoms with Crippen molar-refractivity contribution in [1.29, 1.82) is 0 Å². The molecular weight excluding hydrogens is 898 g/mol. The number of anilines is 8. The average Bonchev–Trinajstić information content (AvgIpc) is 3.86. The largest absolute Gasteiger partial charge is 0.454 e. The van der Waals surface area contributed by atoms with Crippen molar-refractivity contribution in [3.63, 3.8) is 0 Å². The first kappa shape index (κ1) is 46.8. The fourth-order valence-electron chi connectivity index (χ4n) is 13.8. The van der Waals surface area contributed by atoms with E-state index in [0.717, 1.165) is 34.0 Å². The maximum Gasteiger partial charge on any atom is 0.252 e. The smallest absolute Gasteiger partial charge is 0.252 e. The Labute approximate surface area is 440 Å². The first-order valence-corrected chi connectivity index (χ1v) is 27.3. The van der Waals surface area contributed by atoms with Gasteiger partial charge in [0, 0.05) is 55.9 Å². The van der Waals surface area contributed by atoms with Crippen LogP contribution in [0.15, 0.2) is 162 Å². The number of para-hydroxylation sites is 2. The van der Waals surface area contributed by atoms with E-state index in [1.54, 1.807) is 0 Å². The molecule has 1 fully saturated rings. The molecule has 0 radical (unpaired) electrons. The van der Waals surface area contributed by atoms with Crippen LogP contribution in [0.25, 0.3) is 33.1 Å². The fourth-order valence-corrected chi connectivity index (χ4v) is 13.8. The summed E-state index contributed by atoms with van der Waals surface area (Å²) >= 11 is 0. The lowest BCUT2D eigenvalue weighted by molar-refractivity contribution is 0.195. The van der Waals surface area contributed by atoms with Gasteiger partial charge in [-0.15, -0.1) is 0 Å². The van der Waals surface area contributed by atoms with Crippen LogP contribution in [0.2, 0.25) is 0 Å². The first-order valence-electron chi connectivity index (χ1n) is 27.3. The second-order valence-electron chi connectivity index (χ2n) is 25.8. The summed E-state index contributed by atoms with van der Waals surface area (Å²) in [5.74, 6) is 0. The summed E-state index contributed by atoms with van der Waals surface area (Å²) in [6.07, 6.45) is 4.80. The van der Waals surface area contributed by atoms with Crippen LogP contribution >= 0.6 is 0 Å². The van der Waals surface area contributed by atoms with E-state index < -0.39 is 0 Å². The number of benzene rings is 8. The molecule has 9 aromatic rings. The lowest BCUT2D eigenvalue weighted by atomic mass is 9.33. The molecule has 1 saturated carbocycles. The van der Waals surface area contributed by atoms with Crippen LogP contribution in [0.4, 0.5) is 45.5 Å². The van der Waals surface area contributed by atoms with Crippen LogP contribution in [-0.4, -0.2) is 12.3 Å². The molecule has 0 spiro atoms. The van der Waals surface area contributed by atoms with Crippen LogP contribution < -0.4 is 31.1 Å². The highest BCUT2D eigenvalue weighted by atomic mass is 16.3. The summed E-state index contributed by atoms with van der Waals surface area (Å²) in [6.45, 7) is 28.5. The van der Waals surface area contributed by atoms with Crippen molar-refractivity contribution in [2.24, 2.45) is 0 Å². The highest BCUT2D eigenvalue weighted by Gasteiger charge is 2.58. The number of fused-ring (bicyclic) bond motifs is 10. The van der Waals surface area contributed by atoms with E-state index in [1.807, 2.05) is 0 Å². The molecule has 13 rings (SSSR count). The fraction of sp³-hybridized carbons (Fsp3) is 0.304. The van der Waals surface area contributed by atoms with Crippen molar-refractivity contribution in [2.75, 3.05) is 14.7 Å². The third kappa shape index (κ3) is 6.80. The Morgan fingerprint density at radius 3 is 1.81 bits per heavy atom. The molecule has 0 amide bonds. The van der Waals surface area contributed by atoms with Gasteiger partial charge in [-0.25, -0.2) is 0 Å². The van der Waals surface area contributed by atoms with Crippen LogP contribution in [0.3, 0.4) is 0 Å². The number of hydrogen-bond donors (Lipinski definition) is 0. The van der Waals surface area contributed by atoms with Gasteiger partial charge in [0.05, 0.1) is 16.9 Å². The SMILES string of the molecule is Cc1cc2c3c(c1)N(c1cccc4c1oc1ccccc14)c1ccc(C(C)(C)C)cc1B3c1ccc(N3c4ccc(C(C)(C)C)cc4C4(C)CCCCC34C)cc1N2c1ccc(C(C)(C)C)cc1-c1ccccc1. The van der Waals surface area contributed by atoms with Gasteiger partial charge in [-0.3, -0.25) is 0 Å². The molecule has 0 saturated heterocycles. The Morgan fingerprint density at radius 2 is 1.09 bits per heavy atom. The second-order valence-corrected chi connectivity index (χ2v) is 25.8. The summed E-state index contributed by atoms with van der Waals surface area (Å²) in [5, 5.41) is 2.26. The molecule has 4 aliphatic rings. The molecule has 4 heterocycles. The monoisotopic (exact) mass is 968 g/mol. The van der Waals surface area contributed by atoms with Gasteiger partial charge in [0.15, 0.2) is 5.58 Å². The third-order valence-corrected chi connectivity index (χ3v) is 18.1. The Bertz CT molecular complexity index is 3770. The Kier molecular flexibility index (Phi) is 10.1. The molecule has 74 heavy (non-hydrogen) atoms. The minimum Gasteiger partial charge on any atom is -0.454 e. The lowest BCUT2D eigenvalue weighted by Crippen LogP contribution is -2.61. The standard InChI is InChI=1S/C69H70BN3O/c1-43-37-60-63-61(38-43)72(58-25-20-24-50-49-23-16-17-26-62(49)74-64(50)58)57-34-29-47(67(8,9)10)41-54(57)70(63)53-31-30-48(73-56-33-28-46(66(5,6)7)40-52(56)68(11)35-18-19-36-69(68,73)12)42-59(53)71(60)55-32-27-45(65(2,3)4)39-51(55)44-21-14-13-15-22-44/h13-17,20-34,37-42H,18-19,35-36H2,1-12H3. The highest BCUT2D eigenvalue weighted by molar-refractivity contribution is 7.00. The Morgan fingerprint density at radius 1 is 0.486 bits per heavy atom. The van der Waals surface area contributed by atoms with Gasteiger partial charge in [0.2, 0.25) is 0 Å². The first-order chi connectivity index (χ1) is 35.2. The van der Waals surface area contributed by atoms with Crippen LogP contribution in [-0.2, 0) is 21.7 Å². The Hall–Kier alpha value is -6.98. The Balaban J connectivity index is 1.13. The van der Waals surface area contributed by atoms with Gasteiger partial charge < -0.3 is 19.1 Å². The summed E-state index contributed by atoms with van der Waals surface area (Å²) < 4.78 is 6.93. The van der Waals surface area contributed by atoms with E-state index in [1.165, 1.54) is 114 Å². The van der Waals surface area contributed by atoms with Crippen molar-refractivity contribution in [3.8, 4) is 11.1 Å². The van der Waals surface area contributed by atoms with Crippen molar-refractivity contribution >= 4 is 90.5 Å². The van der Waals surface area contributed by atoms with Gasteiger partial charge in [-0.2, -0.15) is 0 Å². The molecular formula is C69H70BN3O. The lowest BCUT2D eigenvalue weighted by Gasteiger charge is -2.50. The molecule has 2 unspecified atom stereocenters. The normalized spacial score (nSPS) is 19.1. The minimum atomic E-state index is -0.111. The molecule has 370 valence electrons. The zero-order valence-electron chi connectivity index (χ0n) is 45.7. The molecule has 5 heteroatoms. The second kappa shape index (κ2) is 16.0. The van der Waals surface area contributed by atoms with E-state index in [2.05, 4.69) is 256 Å². The quantitative estimate of drug-likeness (QED) is 0.164. The molecule has 2 atom stereocenters. The summed E-state index contributed by atoms with van der Waals surface area (Å²) in [5.41, 5.74) is 24.5. The minimum absolute atomic E-state index is 0.00284. The maximum absolute atomic E-state index is 6.93. The molecule has 4 nitrogen and oxygen atoms in total. The summed E-state index contributed by atoms with van der Waals surface area (Å²) in [6, 6.07) is 60.8. The predicted molar refractivity (Wildman–Crippen MR) is 317 cm³/mol. The molecule has 8 aromatic carbocycles. The zero-order chi connectivity index (χ0) is 51.4. The van der Waals surface area contributed by atoms with Crippen LogP contribution in [0.1, 0.15) is 130 Å². The number of nitrogens with zero attached hydrogens (tertiary/aromatic N) is 3. The van der Waals surface area contributed by atoms with Gasteiger partial charge >= 0.3 is 0 Å². The van der Waals surface area contributed by atoms with Crippen LogP contribution in [0, 0.1) is 6.92 Å². The van der Waals surface area contributed by atoms with Crippen LogP contribution in [0.5, 0.6) is 0 Å². The molecule has 0 N–H and O–H groups in total. The van der Waals surface area contributed by atoms with E-state index in [9.17, 15) is 0 Å². The van der Waals surface area contributed by atoms with Crippen molar-refractivity contribution < 1.29 is 4.42 Å². The summed E-state index contributed by atoms with van der Waals surface area (Å²) in [4.78, 5) is 7.98. The predicted octanol–water partition coefficient (Wildman–Crippen LogP) is 17.3. The topological polar surface area (TPSA) is 22.9 Å². The van der Waals surface area contributed by atoms with E-state index >= 15 is 0 Å². The molecule has 0 bridgehead atoms. The van der Waals surface area contributed by atoms with E-state index in [-0.39, 0.29) is 33.9 Å². The van der Waals surface area contributed by atoms with E-state index in [4.69, 9.17) is 4.42 Å². The van der Waals surface area contributed by atoms with Gasteiger partial charge in [0.1, 0.15) is 5.58 Å². The third-order valence-electron chi connectivity index (χ3n) is 18.1. The van der Waals surface area contributed by atoms with Crippen molar-refractivity contribution in [2.45, 2.75) is 136 Å². The average molecular weight is 968 g/mol. The molecule has 3 aliphatic heterocycles. The van der Waals surface area contributed by atoms with Gasteiger partial charge in [0.25, 0.3) is 6.71 Å². The van der Waals surface area contributed by atoms with Crippen molar-refractivity contribution in [3.05, 3.63) is 186 Å². The van der Waals surface area contributed by atoms with Crippen molar-refractivity contribution in [1.82, 2.24) is 0 Å². The molecule has 1 aromatic heterocycles. The maximum atomic E-state index is 6.93. The van der Waals surface area contributed by atoms with Gasteiger partial charge in [-0.05, 0) is 153 Å². The van der Waals surface area contributed by atoms with E-state index in [0.29, 0.717) is 0 Å². The number of hydrogen-bond acceptors (Lipinski definition) is 4. The highest BCUT2D eigenvalue weighted by Crippen LogP contribution is 2.62. The number of furan rings is 1. The number of rotatable bonds is 4. The number of aryl methyl sites for hydroxylation is 1.